The Labute approximate surface area is 298 Å². The van der Waals surface area contributed by atoms with Crippen LogP contribution in [0.5, 0.6) is 11.5 Å². The van der Waals surface area contributed by atoms with Gasteiger partial charge in [-0.25, -0.2) is 4.79 Å². The van der Waals surface area contributed by atoms with E-state index in [9.17, 15) is 13.2 Å². The van der Waals surface area contributed by atoms with Crippen molar-refractivity contribution in [1.29, 1.82) is 0 Å². The minimum Gasteiger partial charge on any atom is -0.495 e. The van der Waals surface area contributed by atoms with E-state index in [0.29, 0.717) is 61.8 Å². The van der Waals surface area contributed by atoms with E-state index >= 15 is 0 Å². The van der Waals surface area contributed by atoms with Crippen molar-refractivity contribution < 1.29 is 32.2 Å². The molecule has 1 amide bonds. The van der Waals surface area contributed by atoms with Crippen LogP contribution >= 0.6 is 0 Å². The topological polar surface area (TPSA) is 116 Å². The number of benzene rings is 4. The summed E-state index contributed by atoms with van der Waals surface area (Å²) in [6.45, 7) is 2.82. The summed E-state index contributed by atoms with van der Waals surface area (Å²) in [5.41, 5.74) is 5.63. The summed E-state index contributed by atoms with van der Waals surface area (Å²) in [6, 6.07) is 29.7. The Morgan fingerprint density at radius 1 is 0.882 bits per heavy atom. The Kier molecular flexibility index (Phi) is 9.48. The van der Waals surface area contributed by atoms with Gasteiger partial charge in [-0.2, -0.15) is 18.4 Å². The highest BCUT2D eigenvalue weighted by atomic mass is 32.2. The molecule has 1 fully saturated rings. The first-order valence-corrected chi connectivity index (χ1v) is 18.5. The summed E-state index contributed by atoms with van der Waals surface area (Å²) in [5.74, 6) is 1.73. The van der Waals surface area contributed by atoms with Crippen LogP contribution < -0.4 is 14.3 Å². The molecular formula is C40H41N3O7S. The highest BCUT2D eigenvalue weighted by Gasteiger charge is 2.56. The Balaban J connectivity index is 1.32. The second-order valence-electron chi connectivity index (χ2n) is 13.1. The fourth-order valence-corrected chi connectivity index (χ4v) is 8.51. The van der Waals surface area contributed by atoms with Gasteiger partial charge in [-0.3, -0.25) is 0 Å². The first-order chi connectivity index (χ1) is 24.7. The van der Waals surface area contributed by atoms with E-state index in [4.69, 9.17) is 18.9 Å². The number of fused-ring (bicyclic) bond motifs is 1. The maximum atomic E-state index is 13.9. The number of rotatable bonds is 10. The largest absolute Gasteiger partial charge is 0.495 e. The fourth-order valence-electron chi connectivity index (χ4n) is 7.68. The number of carbonyl (C=O) groups is 1. The number of sulfonamides is 1. The van der Waals surface area contributed by atoms with Crippen molar-refractivity contribution in [3.63, 3.8) is 0 Å². The lowest BCUT2D eigenvalue weighted by molar-refractivity contribution is 0.0622. The van der Waals surface area contributed by atoms with Gasteiger partial charge in [0.1, 0.15) is 24.7 Å². The average Bonchev–Trinajstić information content (AvgIpc) is 3.15. The molecule has 2 bridgehead atoms. The van der Waals surface area contributed by atoms with Crippen molar-refractivity contribution in [2.24, 2.45) is 5.10 Å². The SMILES string of the molecule is COC1=C2[C@H]3Cc4ccc(OC)c(OCc5ccccc5)c4[C@@]2(CC/C1=N\NS(=O)(=O)c1ccc(C)cc1)CCN3C(=O)OCc1ccccc1. The van der Waals surface area contributed by atoms with Gasteiger partial charge in [0.25, 0.3) is 10.0 Å². The number of ether oxygens (including phenoxy) is 4. The number of methoxy groups -OCH3 is 2. The van der Waals surface area contributed by atoms with Crippen LogP contribution in [0.2, 0.25) is 0 Å². The molecule has 1 aliphatic heterocycles. The third-order valence-electron chi connectivity index (χ3n) is 10.1. The molecule has 7 rings (SSSR count). The summed E-state index contributed by atoms with van der Waals surface area (Å²) in [5, 5.41) is 4.46. The van der Waals surface area contributed by atoms with Crippen LogP contribution in [0.15, 0.2) is 118 Å². The molecule has 1 saturated heterocycles. The summed E-state index contributed by atoms with van der Waals surface area (Å²) in [7, 11) is -0.754. The van der Waals surface area contributed by atoms with Crippen LogP contribution in [-0.2, 0) is 44.5 Å². The van der Waals surface area contributed by atoms with E-state index < -0.39 is 27.6 Å². The summed E-state index contributed by atoms with van der Waals surface area (Å²) < 4.78 is 51.1. The Bertz CT molecular complexity index is 2080. The van der Waals surface area contributed by atoms with Crippen LogP contribution in [0.1, 0.15) is 47.1 Å². The van der Waals surface area contributed by atoms with Crippen LogP contribution in [0.25, 0.3) is 0 Å². The van der Waals surface area contributed by atoms with Gasteiger partial charge in [0.2, 0.25) is 0 Å². The molecule has 11 heteroatoms. The van der Waals surface area contributed by atoms with Crippen LogP contribution in [0.3, 0.4) is 0 Å². The number of hydrogen-bond donors (Lipinski definition) is 1. The predicted molar refractivity (Wildman–Crippen MR) is 193 cm³/mol. The van der Waals surface area contributed by atoms with E-state index in [-0.39, 0.29) is 11.5 Å². The van der Waals surface area contributed by atoms with Crippen molar-refractivity contribution in [1.82, 2.24) is 9.73 Å². The highest BCUT2D eigenvalue weighted by Crippen LogP contribution is 2.59. The van der Waals surface area contributed by atoms with Crippen molar-refractivity contribution in [2.45, 2.75) is 62.2 Å². The average molecular weight is 708 g/mol. The van der Waals surface area contributed by atoms with Crippen LogP contribution in [0.4, 0.5) is 4.79 Å². The number of amides is 1. The zero-order chi connectivity index (χ0) is 35.6. The van der Waals surface area contributed by atoms with Gasteiger partial charge in [-0.05, 0) is 67.5 Å². The zero-order valence-corrected chi connectivity index (χ0v) is 29.7. The lowest BCUT2D eigenvalue weighted by atomic mass is 9.56. The number of nitrogens with zero attached hydrogens (tertiary/aromatic N) is 2. The second-order valence-corrected chi connectivity index (χ2v) is 14.8. The number of likely N-dealkylation sites (tertiary alicyclic amines) is 1. The van der Waals surface area contributed by atoms with Gasteiger partial charge in [-0.15, -0.1) is 0 Å². The summed E-state index contributed by atoms with van der Waals surface area (Å²) in [4.78, 5) is 18.2. The van der Waals surface area contributed by atoms with Crippen molar-refractivity contribution in [2.75, 3.05) is 20.8 Å². The molecule has 1 N–H and O–H groups in total. The quantitative estimate of drug-likeness (QED) is 0.180. The molecule has 4 aromatic rings. The zero-order valence-electron chi connectivity index (χ0n) is 28.9. The molecule has 3 aliphatic rings. The van der Waals surface area contributed by atoms with Crippen molar-refractivity contribution >= 4 is 21.8 Å². The molecule has 0 unspecified atom stereocenters. The number of aryl methyl sites for hydroxylation is 1. The van der Waals surface area contributed by atoms with Gasteiger partial charge in [0.15, 0.2) is 11.5 Å². The smallest absolute Gasteiger partial charge is 0.410 e. The van der Waals surface area contributed by atoms with E-state index in [1.54, 1.807) is 43.4 Å². The molecule has 0 aromatic heterocycles. The van der Waals surface area contributed by atoms with E-state index in [0.717, 1.165) is 33.4 Å². The minimum absolute atomic E-state index is 0.111. The maximum Gasteiger partial charge on any atom is 0.410 e. The number of hydrazone groups is 1. The standard InChI is InChI=1S/C40H41N3O7S/c1-27-14-17-31(18-15-27)51(45,46)42-41-32-20-21-40-22-23-43(39(44)50-26-29-12-8-5-9-13-29)33(36(40)37(32)48-3)24-30-16-19-34(47-2)38(35(30)40)49-25-28-10-6-4-7-11-28/h4-19,33,42H,20-26H2,1-3H3/b41-32+/t33-,40-/m1/s1. The first kappa shape index (κ1) is 34.2. The van der Waals surface area contributed by atoms with Gasteiger partial charge in [0, 0.05) is 23.1 Å². The van der Waals surface area contributed by atoms with Crippen LogP contribution in [0, 0.1) is 6.92 Å². The molecule has 0 radical (unpaired) electrons. The third-order valence-corrected chi connectivity index (χ3v) is 11.3. The number of hydrogen-bond acceptors (Lipinski definition) is 8. The van der Waals surface area contributed by atoms with Gasteiger partial charge < -0.3 is 23.8 Å². The summed E-state index contributed by atoms with van der Waals surface area (Å²) >= 11 is 0. The molecule has 2 aliphatic carbocycles. The highest BCUT2D eigenvalue weighted by molar-refractivity contribution is 7.89. The molecule has 0 spiro atoms. The molecule has 4 aromatic carbocycles. The molecular weight excluding hydrogens is 667 g/mol. The number of nitrogens with one attached hydrogen (secondary N) is 1. The number of allylic oxidation sites excluding steroid dienone is 1. The first-order valence-electron chi connectivity index (χ1n) is 17.0. The van der Waals surface area contributed by atoms with Gasteiger partial charge in [-0.1, -0.05) is 84.4 Å². The Hall–Kier alpha value is -5.29. The molecule has 0 saturated carbocycles. The van der Waals surface area contributed by atoms with E-state index in [1.807, 2.05) is 73.7 Å². The Morgan fingerprint density at radius 2 is 1.57 bits per heavy atom. The summed E-state index contributed by atoms with van der Waals surface area (Å²) in [6.07, 6.45) is 1.61. The van der Waals surface area contributed by atoms with Crippen LogP contribution in [-0.4, -0.2) is 51.9 Å². The fraction of sp³-hybridized carbons (Fsp3) is 0.300. The Morgan fingerprint density at radius 3 is 2.24 bits per heavy atom. The van der Waals surface area contributed by atoms with Crippen molar-refractivity contribution in [3.8, 4) is 11.5 Å². The lowest BCUT2D eigenvalue weighted by Crippen LogP contribution is -2.59. The molecule has 51 heavy (non-hydrogen) atoms. The maximum absolute atomic E-state index is 13.9. The van der Waals surface area contributed by atoms with Crippen molar-refractivity contribution in [3.05, 3.63) is 136 Å². The number of piperidine rings is 1. The molecule has 264 valence electrons. The normalized spacial score (nSPS) is 20.3. The predicted octanol–water partition coefficient (Wildman–Crippen LogP) is 6.82. The van der Waals surface area contributed by atoms with E-state index in [2.05, 4.69) is 16.0 Å². The molecule has 2 atom stereocenters. The molecule has 10 nitrogen and oxygen atoms in total. The third kappa shape index (κ3) is 6.54. The van der Waals surface area contributed by atoms with Gasteiger partial charge in [0.05, 0.1) is 25.2 Å². The second kappa shape index (κ2) is 14.1. The number of carbonyl (C=O) groups excluding carboxylic acids is 1. The monoisotopic (exact) mass is 707 g/mol. The van der Waals surface area contributed by atoms with Gasteiger partial charge >= 0.3 is 6.09 Å². The lowest BCUT2D eigenvalue weighted by Gasteiger charge is -2.55. The minimum atomic E-state index is -3.95. The molecule has 1 heterocycles. The van der Waals surface area contributed by atoms with E-state index in [1.165, 1.54) is 0 Å².